The van der Waals surface area contributed by atoms with Crippen LogP contribution in [0.2, 0.25) is 0 Å². The molecular formula is C31H38N2O3. The smallest absolute Gasteiger partial charge is 0.262 e. The van der Waals surface area contributed by atoms with Crippen molar-refractivity contribution in [1.82, 2.24) is 4.90 Å². The van der Waals surface area contributed by atoms with Crippen LogP contribution in [0.25, 0.3) is 0 Å². The summed E-state index contributed by atoms with van der Waals surface area (Å²) in [6, 6.07) is 23.0. The maximum Gasteiger partial charge on any atom is 0.262 e. The van der Waals surface area contributed by atoms with Gasteiger partial charge in [0.15, 0.2) is 6.61 Å². The molecule has 3 aromatic rings. The lowest BCUT2D eigenvalue weighted by Crippen LogP contribution is -2.28. The summed E-state index contributed by atoms with van der Waals surface area (Å²) in [5, 5.41) is 2.86. The van der Waals surface area contributed by atoms with Crippen LogP contribution in [0.3, 0.4) is 0 Å². The Morgan fingerprint density at radius 2 is 1.47 bits per heavy atom. The fourth-order valence-corrected chi connectivity index (χ4v) is 3.95. The number of amides is 2. The van der Waals surface area contributed by atoms with Crippen molar-refractivity contribution < 1.29 is 14.3 Å². The number of rotatable bonds is 7. The van der Waals surface area contributed by atoms with E-state index >= 15 is 0 Å². The van der Waals surface area contributed by atoms with Gasteiger partial charge in [0.25, 0.3) is 11.8 Å². The monoisotopic (exact) mass is 486 g/mol. The Morgan fingerprint density at radius 1 is 0.833 bits per heavy atom. The summed E-state index contributed by atoms with van der Waals surface area (Å²) < 4.78 is 5.98. The van der Waals surface area contributed by atoms with E-state index in [1.807, 2.05) is 36.4 Å². The van der Waals surface area contributed by atoms with Crippen LogP contribution < -0.4 is 10.1 Å². The second-order valence-corrected chi connectivity index (χ2v) is 11.2. The summed E-state index contributed by atoms with van der Waals surface area (Å²) in [6.45, 7) is 13.3. The first kappa shape index (κ1) is 27.0. The van der Waals surface area contributed by atoms with Gasteiger partial charge in [-0.3, -0.25) is 9.59 Å². The molecule has 0 aliphatic rings. The second-order valence-electron chi connectivity index (χ2n) is 11.2. The van der Waals surface area contributed by atoms with Crippen LogP contribution in [-0.2, 0) is 22.2 Å². The zero-order valence-corrected chi connectivity index (χ0v) is 22.5. The van der Waals surface area contributed by atoms with Gasteiger partial charge < -0.3 is 15.0 Å². The van der Waals surface area contributed by atoms with Gasteiger partial charge in [-0.05, 0) is 45.7 Å². The molecule has 0 aliphatic heterocycles. The van der Waals surface area contributed by atoms with Crippen LogP contribution >= 0.6 is 0 Å². The number of carbonyl (C=O) groups is 2. The summed E-state index contributed by atoms with van der Waals surface area (Å²) in [5.41, 5.74) is 4.09. The Bertz CT molecular complexity index is 1200. The number of nitrogens with zero attached hydrogens (tertiary/aromatic N) is 1. The molecule has 3 aromatic carbocycles. The maximum atomic E-state index is 13.1. The Kier molecular flexibility index (Phi) is 8.24. The molecule has 36 heavy (non-hydrogen) atoms. The molecule has 5 nitrogen and oxygen atoms in total. The van der Waals surface area contributed by atoms with E-state index in [2.05, 4.69) is 59.0 Å². The molecule has 0 saturated carbocycles. The SMILES string of the molecule is CN(Cc1ccccc1)C(=O)c1ccccc1NC(=O)COc1ccc(C(C)(C)C)cc1C(C)(C)C. The average molecular weight is 487 g/mol. The Hall–Kier alpha value is -3.60. The minimum atomic E-state index is -0.319. The third kappa shape index (κ3) is 6.97. The Labute approximate surface area is 215 Å². The molecule has 2 amide bonds. The molecule has 1 N–H and O–H groups in total. The molecule has 0 aromatic heterocycles. The summed E-state index contributed by atoms with van der Waals surface area (Å²) in [7, 11) is 1.76. The van der Waals surface area contributed by atoms with Gasteiger partial charge in [0, 0.05) is 13.6 Å². The molecule has 0 unspecified atom stereocenters. The highest BCUT2D eigenvalue weighted by atomic mass is 16.5. The van der Waals surface area contributed by atoms with Crippen molar-refractivity contribution in [2.45, 2.75) is 58.9 Å². The number of nitrogens with one attached hydrogen (secondary N) is 1. The molecule has 0 radical (unpaired) electrons. The normalized spacial score (nSPS) is 11.6. The van der Waals surface area contributed by atoms with Gasteiger partial charge in [0.1, 0.15) is 5.75 Å². The standard InChI is InChI=1S/C31H38N2O3/c1-30(2,3)23-17-18-27(25(19-23)31(4,5)6)36-21-28(34)32-26-16-12-11-15-24(26)29(35)33(7)20-22-13-9-8-10-14-22/h8-19H,20-21H2,1-7H3,(H,32,34). The van der Waals surface area contributed by atoms with Gasteiger partial charge in [0.05, 0.1) is 11.3 Å². The van der Waals surface area contributed by atoms with Crippen molar-refractivity contribution in [2.75, 3.05) is 19.0 Å². The van der Waals surface area contributed by atoms with E-state index in [9.17, 15) is 9.59 Å². The third-order valence-corrected chi connectivity index (χ3v) is 6.05. The summed E-state index contributed by atoms with van der Waals surface area (Å²) in [5.74, 6) is 0.210. The summed E-state index contributed by atoms with van der Waals surface area (Å²) in [6.07, 6.45) is 0. The highest BCUT2D eigenvalue weighted by Gasteiger charge is 2.24. The van der Waals surface area contributed by atoms with Gasteiger partial charge in [-0.2, -0.15) is 0 Å². The summed E-state index contributed by atoms with van der Waals surface area (Å²) >= 11 is 0. The molecule has 0 saturated heterocycles. The van der Waals surface area contributed by atoms with Crippen molar-refractivity contribution in [3.8, 4) is 5.75 Å². The van der Waals surface area contributed by atoms with Crippen LogP contribution in [-0.4, -0.2) is 30.4 Å². The van der Waals surface area contributed by atoms with Crippen molar-refractivity contribution in [1.29, 1.82) is 0 Å². The zero-order valence-electron chi connectivity index (χ0n) is 22.5. The van der Waals surface area contributed by atoms with Gasteiger partial charge in [0.2, 0.25) is 0 Å². The molecule has 0 spiro atoms. The number of benzene rings is 3. The predicted molar refractivity (Wildman–Crippen MR) is 147 cm³/mol. The molecule has 0 fully saturated rings. The van der Waals surface area contributed by atoms with Gasteiger partial charge in [-0.1, -0.05) is 96.1 Å². The van der Waals surface area contributed by atoms with Crippen LogP contribution in [0.1, 0.15) is 68.6 Å². The lowest BCUT2D eigenvalue weighted by Gasteiger charge is -2.27. The van der Waals surface area contributed by atoms with Crippen molar-refractivity contribution in [3.05, 3.63) is 95.1 Å². The fraction of sp³-hybridized carbons (Fsp3) is 0.355. The van der Waals surface area contributed by atoms with E-state index in [1.54, 1.807) is 36.2 Å². The highest BCUT2D eigenvalue weighted by molar-refractivity contribution is 6.03. The number of para-hydroxylation sites is 1. The van der Waals surface area contributed by atoms with Gasteiger partial charge >= 0.3 is 0 Å². The van der Waals surface area contributed by atoms with Crippen LogP contribution in [0.15, 0.2) is 72.8 Å². The quantitative estimate of drug-likeness (QED) is 0.411. The van der Waals surface area contributed by atoms with Crippen LogP contribution in [0.5, 0.6) is 5.75 Å². The Morgan fingerprint density at radius 3 is 2.11 bits per heavy atom. The lowest BCUT2D eigenvalue weighted by atomic mass is 9.80. The van der Waals surface area contributed by atoms with E-state index in [4.69, 9.17) is 4.74 Å². The number of anilines is 1. The van der Waals surface area contributed by atoms with E-state index in [0.29, 0.717) is 23.5 Å². The first-order chi connectivity index (χ1) is 16.9. The molecule has 190 valence electrons. The second kappa shape index (κ2) is 11.0. The average Bonchev–Trinajstić information content (AvgIpc) is 2.82. The number of hydrogen-bond donors (Lipinski definition) is 1. The Balaban J connectivity index is 1.72. The van der Waals surface area contributed by atoms with E-state index in [1.165, 1.54) is 5.56 Å². The topological polar surface area (TPSA) is 58.6 Å². The predicted octanol–water partition coefficient (Wildman–Crippen LogP) is 6.57. The molecule has 5 heteroatoms. The fourth-order valence-electron chi connectivity index (χ4n) is 3.95. The number of hydrogen-bond acceptors (Lipinski definition) is 3. The number of ether oxygens (including phenoxy) is 1. The largest absolute Gasteiger partial charge is 0.483 e. The minimum absolute atomic E-state index is 0.0137. The van der Waals surface area contributed by atoms with Crippen LogP contribution in [0.4, 0.5) is 5.69 Å². The van der Waals surface area contributed by atoms with E-state index < -0.39 is 0 Å². The number of carbonyl (C=O) groups excluding carboxylic acids is 2. The minimum Gasteiger partial charge on any atom is -0.483 e. The van der Waals surface area contributed by atoms with Gasteiger partial charge in [-0.15, -0.1) is 0 Å². The van der Waals surface area contributed by atoms with Crippen molar-refractivity contribution in [3.63, 3.8) is 0 Å². The van der Waals surface area contributed by atoms with E-state index in [0.717, 1.165) is 11.1 Å². The first-order valence-electron chi connectivity index (χ1n) is 12.3. The first-order valence-corrected chi connectivity index (χ1v) is 12.3. The molecule has 3 rings (SSSR count). The third-order valence-electron chi connectivity index (χ3n) is 6.05. The maximum absolute atomic E-state index is 13.1. The molecule has 0 heterocycles. The van der Waals surface area contributed by atoms with Crippen molar-refractivity contribution in [2.24, 2.45) is 0 Å². The highest BCUT2D eigenvalue weighted by Crippen LogP contribution is 2.35. The summed E-state index contributed by atoms with van der Waals surface area (Å²) in [4.78, 5) is 27.6. The van der Waals surface area contributed by atoms with Crippen molar-refractivity contribution >= 4 is 17.5 Å². The zero-order chi connectivity index (χ0) is 26.5. The van der Waals surface area contributed by atoms with Gasteiger partial charge in [-0.25, -0.2) is 0 Å². The lowest BCUT2D eigenvalue weighted by molar-refractivity contribution is -0.118. The van der Waals surface area contributed by atoms with E-state index in [-0.39, 0.29) is 29.3 Å². The molecule has 0 atom stereocenters. The van der Waals surface area contributed by atoms with Crippen LogP contribution in [0, 0.1) is 0 Å². The molecule has 0 aliphatic carbocycles. The molecular weight excluding hydrogens is 448 g/mol. The molecule has 0 bridgehead atoms.